The summed E-state index contributed by atoms with van der Waals surface area (Å²) in [7, 11) is 0. The summed E-state index contributed by atoms with van der Waals surface area (Å²) in [4.78, 5) is 16.4. The second-order valence-electron chi connectivity index (χ2n) is 5.82. The number of amides is 1. The van der Waals surface area contributed by atoms with Gasteiger partial charge in [0.1, 0.15) is 5.82 Å². The topological polar surface area (TPSA) is 62.2 Å². The summed E-state index contributed by atoms with van der Waals surface area (Å²) in [5.74, 6) is -1.62. The molecule has 1 aromatic heterocycles. The maximum Gasteiger partial charge on any atom is 0.262 e. The van der Waals surface area contributed by atoms with Crippen LogP contribution in [0, 0.1) is 5.82 Å². The Morgan fingerprint density at radius 1 is 1.44 bits per heavy atom. The number of fused-ring (bicyclic) bond motifs is 1. The van der Waals surface area contributed by atoms with Crippen molar-refractivity contribution in [2.75, 3.05) is 0 Å². The average molecular weight is 387 g/mol. The van der Waals surface area contributed by atoms with Crippen LogP contribution in [-0.2, 0) is 17.0 Å². The first-order chi connectivity index (χ1) is 11.8. The maximum atomic E-state index is 15.4. The largest absolute Gasteiger partial charge is 0.387 e. The molecule has 1 aliphatic rings. The molecule has 4 nitrogen and oxygen atoms in total. The molecule has 132 valence electrons. The smallest absolute Gasteiger partial charge is 0.262 e. The fraction of sp³-hybridized carbons (Fsp3) is 0.294. The minimum Gasteiger partial charge on any atom is -0.387 e. The lowest BCUT2D eigenvalue weighted by molar-refractivity contribution is -0.135. The third-order valence-electron chi connectivity index (χ3n) is 4.23. The van der Waals surface area contributed by atoms with Gasteiger partial charge in [-0.1, -0.05) is 29.3 Å². The minimum atomic E-state index is -2.35. The van der Waals surface area contributed by atoms with E-state index in [2.05, 4.69) is 10.3 Å². The Balaban J connectivity index is 1.84. The number of carbonyl (C=O) groups is 1. The Morgan fingerprint density at radius 3 is 2.92 bits per heavy atom. The molecule has 1 aliphatic carbocycles. The van der Waals surface area contributed by atoms with E-state index in [1.165, 1.54) is 24.4 Å². The Labute approximate surface area is 152 Å². The fourth-order valence-electron chi connectivity index (χ4n) is 2.91. The number of rotatable bonds is 3. The number of aliphatic hydroxyl groups excluding tert-OH is 1. The Morgan fingerprint density at radius 2 is 2.20 bits per heavy atom. The Hall–Kier alpha value is -1.76. The summed E-state index contributed by atoms with van der Waals surface area (Å²) < 4.78 is 29.3. The van der Waals surface area contributed by atoms with Gasteiger partial charge in [0.15, 0.2) is 0 Å². The lowest BCUT2D eigenvalue weighted by atomic mass is 9.81. The van der Waals surface area contributed by atoms with Gasteiger partial charge >= 0.3 is 0 Å². The van der Waals surface area contributed by atoms with E-state index in [0.717, 1.165) is 6.07 Å². The molecule has 1 heterocycles. The highest BCUT2D eigenvalue weighted by Crippen LogP contribution is 2.42. The number of nitrogens with one attached hydrogen (secondary N) is 1. The van der Waals surface area contributed by atoms with E-state index in [4.69, 9.17) is 23.2 Å². The molecule has 3 rings (SSSR count). The second kappa shape index (κ2) is 6.86. The first kappa shape index (κ1) is 18.0. The van der Waals surface area contributed by atoms with Crippen molar-refractivity contribution in [1.29, 1.82) is 0 Å². The van der Waals surface area contributed by atoms with Crippen molar-refractivity contribution >= 4 is 29.1 Å². The number of carbonyl (C=O) groups excluding carboxylic acids is 1. The van der Waals surface area contributed by atoms with Gasteiger partial charge in [0.25, 0.3) is 5.91 Å². The fourth-order valence-corrected chi connectivity index (χ4v) is 3.45. The maximum absolute atomic E-state index is 15.4. The van der Waals surface area contributed by atoms with Crippen LogP contribution in [0.25, 0.3) is 0 Å². The van der Waals surface area contributed by atoms with Crippen LogP contribution in [0.15, 0.2) is 30.5 Å². The van der Waals surface area contributed by atoms with Gasteiger partial charge in [0.05, 0.1) is 11.8 Å². The van der Waals surface area contributed by atoms with Crippen molar-refractivity contribution in [3.63, 3.8) is 0 Å². The molecule has 2 aromatic rings. The number of alkyl halides is 1. The summed E-state index contributed by atoms with van der Waals surface area (Å²) in [5.41, 5.74) is -2.17. The zero-order chi connectivity index (χ0) is 18.2. The summed E-state index contributed by atoms with van der Waals surface area (Å²) in [6, 6.07) is 5.32. The van der Waals surface area contributed by atoms with E-state index < -0.39 is 23.5 Å². The molecule has 0 saturated carbocycles. The van der Waals surface area contributed by atoms with Crippen molar-refractivity contribution in [2.45, 2.75) is 31.2 Å². The molecule has 0 aliphatic heterocycles. The minimum absolute atomic E-state index is 0.0188. The number of pyridine rings is 1. The van der Waals surface area contributed by atoms with Crippen LogP contribution in [0.3, 0.4) is 0 Å². The number of hydrogen-bond acceptors (Lipinski definition) is 3. The van der Waals surface area contributed by atoms with Gasteiger partial charge in [0, 0.05) is 33.9 Å². The molecule has 8 heteroatoms. The predicted octanol–water partition coefficient (Wildman–Crippen LogP) is 3.84. The molecule has 0 saturated heterocycles. The standard InChI is InChI=1S/C17H14Cl2F2N2O2/c18-9-6-12(19)10(13(20)7-9)8-23-16(25)17(21)4-3-14(24)15-11(17)2-1-5-22-15/h1-2,5-7,14,24H,3-4,8H2,(H,23,25)/t14-,17-/m1/s1. The Kier molecular flexibility index (Phi) is 4.95. The summed E-state index contributed by atoms with van der Waals surface area (Å²) in [5, 5.41) is 12.5. The first-order valence-electron chi connectivity index (χ1n) is 7.57. The predicted molar refractivity (Wildman–Crippen MR) is 89.5 cm³/mol. The third kappa shape index (κ3) is 3.34. The highest BCUT2D eigenvalue weighted by molar-refractivity contribution is 6.35. The summed E-state index contributed by atoms with van der Waals surface area (Å²) >= 11 is 11.6. The highest BCUT2D eigenvalue weighted by Gasteiger charge is 2.46. The van der Waals surface area contributed by atoms with Gasteiger partial charge in [-0.15, -0.1) is 0 Å². The first-order valence-corrected chi connectivity index (χ1v) is 8.32. The molecular weight excluding hydrogens is 373 g/mol. The van der Waals surface area contributed by atoms with Crippen molar-refractivity contribution in [2.24, 2.45) is 0 Å². The van der Waals surface area contributed by atoms with Gasteiger partial charge < -0.3 is 10.4 Å². The van der Waals surface area contributed by atoms with E-state index >= 15 is 4.39 Å². The lowest BCUT2D eigenvalue weighted by Gasteiger charge is -2.32. The quantitative estimate of drug-likeness (QED) is 0.842. The van der Waals surface area contributed by atoms with Gasteiger partial charge in [-0.2, -0.15) is 0 Å². The number of halogens is 4. The number of benzene rings is 1. The van der Waals surface area contributed by atoms with Crippen LogP contribution >= 0.6 is 23.2 Å². The molecule has 25 heavy (non-hydrogen) atoms. The van der Waals surface area contributed by atoms with Crippen molar-refractivity contribution in [1.82, 2.24) is 10.3 Å². The molecule has 0 radical (unpaired) electrons. The van der Waals surface area contributed by atoms with Crippen molar-refractivity contribution in [3.8, 4) is 0 Å². The zero-order valence-electron chi connectivity index (χ0n) is 12.9. The van der Waals surface area contributed by atoms with E-state index in [1.807, 2.05) is 0 Å². The third-order valence-corrected chi connectivity index (χ3v) is 4.79. The van der Waals surface area contributed by atoms with E-state index in [-0.39, 0.29) is 46.3 Å². The van der Waals surface area contributed by atoms with Crippen molar-refractivity contribution in [3.05, 3.63) is 63.1 Å². The van der Waals surface area contributed by atoms with Gasteiger partial charge in [-0.25, -0.2) is 8.78 Å². The van der Waals surface area contributed by atoms with Crippen LogP contribution < -0.4 is 5.32 Å². The molecule has 1 aromatic carbocycles. The van der Waals surface area contributed by atoms with Gasteiger partial charge in [0.2, 0.25) is 5.67 Å². The normalized spacial score (nSPS) is 22.4. The molecule has 0 unspecified atom stereocenters. The molecule has 0 fully saturated rings. The Bertz CT molecular complexity index is 811. The zero-order valence-corrected chi connectivity index (χ0v) is 14.4. The number of aromatic nitrogens is 1. The highest BCUT2D eigenvalue weighted by atomic mass is 35.5. The molecular formula is C17H14Cl2F2N2O2. The van der Waals surface area contributed by atoms with Crippen LogP contribution in [0.1, 0.15) is 35.8 Å². The SMILES string of the molecule is O=C(NCc1c(F)cc(Cl)cc1Cl)[C@@]1(F)CC[C@@H](O)c2ncccc21. The molecule has 0 bridgehead atoms. The molecule has 0 spiro atoms. The van der Waals surface area contributed by atoms with Crippen LogP contribution in [0.4, 0.5) is 8.78 Å². The lowest BCUT2D eigenvalue weighted by Crippen LogP contribution is -2.44. The number of hydrogen-bond donors (Lipinski definition) is 2. The van der Waals surface area contributed by atoms with E-state index in [1.54, 1.807) is 0 Å². The molecule has 2 N–H and O–H groups in total. The number of nitrogens with zero attached hydrogens (tertiary/aromatic N) is 1. The molecule has 2 atom stereocenters. The van der Waals surface area contributed by atoms with Crippen LogP contribution in [0.5, 0.6) is 0 Å². The number of aliphatic hydroxyl groups is 1. The van der Waals surface area contributed by atoms with E-state index in [0.29, 0.717) is 0 Å². The van der Waals surface area contributed by atoms with E-state index in [9.17, 15) is 14.3 Å². The second-order valence-corrected chi connectivity index (χ2v) is 6.67. The summed E-state index contributed by atoms with van der Waals surface area (Å²) in [6.07, 6.45) is 0.365. The van der Waals surface area contributed by atoms with Crippen LogP contribution in [0.2, 0.25) is 10.0 Å². The van der Waals surface area contributed by atoms with Gasteiger partial charge in [-0.05, 0) is 31.0 Å². The monoisotopic (exact) mass is 386 g/mol. The average Bonchev–Trinajstić information content (AvgIpc) is 2.57. The summed E-state index contributed by atoms with van der Waals surface area (Å²) in [6.45, 7) is -0.287. The van der Waals surface area contributed by atoms with Gasteiger partial charge in [-0.3, -0.25) is 9.78 Å². The van der Waals surface area contributed by atoms with Crippen molar-refractivity contribution < 1.29 is 18.7 Å². The van der Waals surface area contributed by atoms with Crippen LogP contribution in [-0.4, -0.2) is 16.0 Å². The molecule has 1 amide bonds.